The minimum Gasteiger partial charge on any atom is -0.494 e. The van der Waals surface area contributed by atoms with Crippen LogP contribution in [0.5, 0.6) is 5.75 Å². The molecule has 0 unspecified atom stereocenters. The lowest BCUT2D eigenvalue weighted by atomic mass is 9.98. The summed E-state index contributed by atoms with van der Waals surface area (Å²) in [5.74, 6) is 0.732. The molecule has 0 amide bonds. The van der Waals surface area contributed by atoms with E-state index in [0.717, 1.165) is 41.9 Å². The van der Waals surface area contributed by atoms with E-state index < -0.39 is 0 Å². The number of anilines is 1. The Morgan fingerprint density at radius 3 is 2.75 bits per heavy atom. The molecule has 1 aliphatic rings. The molecule has 0 radical (unpaired) electrons. The van der Waals surface area contributed by atoms with Gasteiger partial charge in [-0.05, 0) is 23.6 Å². The van der Waals surface area contributed by atoms with Crippen molar-refractivity contribution in [1.29, 1.82) is 5.26 Å². The van der Waals surface area contributed by atoms with Crippen LogP contribution in [0, 0.1) is 11.3 Å². The van der Waals surface area contributed by atoms with Gasteiger partial charge in [-0.15, -0.1) is 0 Å². The topological polar surface area (TPSA) is 49.1 Å². The van der Waals surface area contributed by atoms with Crippen LogP contribution in [0.4, 0.5) is 5.69 Å². The number of nitrogens with zero attached hydrogens (tertiary/aromatic N) is 3. The van der Waals surface area contributed by atoms with Crippen LogP contribution >= 0.6 is 0 Å². The fraction of sp³-hybridized carbons (Fsp3) is 0.200. The maximum atomic E-state index is 9.58. The number of nitriles is 1. The Kier molecular flexibility index (Phi) is 3.55. The first kappa shape index (κ1) is 14.5. The Hall–Kier alpha value is -3.06. The molecule has 1 aliphatic heterocycles. The average Bonchev–Trinajstić information content (AvgIpc) is 2.66. The highest BCUT2D eigenvalue weighted by Crippen LogP contribution is 2.36. The molecule has 0 saturated heterocycles. The second kappa shape index (κ2) is 5.86. The number of methoxy groups -OCH3 is 1. The molecule has 4 nitrogen and oxygen atoms in total. The molecule has 2 heterocycles. The number of rotatable bonds is 2. The highest BCUT2D eigenvalue weighted by molar-refractivity contribution is 5.97. The maximum absolute atomic E-state index is 9.58. The average molecular weight is 315 g/mol. The van der Waals surface area contributed by atoms with Gasteiger partial charge in [-0.2, -0.15) is 5.26 Å². The van der Waals surface area contributed by atoms with E-state index >= 15 is 0 Å². The zero-order valence-electron chi connectivity index (χ0n) is 13.5. The first-order chi connectivity index (χ1) is 11.8. The van der Waals surface area contributed by atoms with Crippen LogP contribution < -0.4 is 9.64 Å². The molecule has 4 heteroatoms. The van der Waals surface area contributed by atoms with E-state index in [1.54, 1.807) is 13.3 Å². The third kappa shape index (κ3) is 2.26. The standard InChI is InChI=1S/C20H17N3O/c1-24-18-8-4-7-17-19(18)22-12-16(11-21)20(17)23-10-9-14-5-2-3-6-15(14)13-23/h2-8,12H,9-10,13H2,1H3. The molecular formula is C20H17N3O. The van der Waals surface area contributed by atoms with E-state index in [0.29, 0.717) is 5.56 Å². The van der Waals surface area contributed by atoms with Crippen molar-refractivity contribution in [2.24, 2.45) is 0 Å². The largest absolute Gasteiger partial charge is 0.494 e. The van der Waals surface area contributed by atoms with Gasteiger partial charge in [-0.3, -0.25) is 4.98 Å². The van der Waals surface area contributed by atoms with Crippen molar-refractivity contribution in [3.8, 4) is 11.8 Å². The maximum Gasteiger partial charge on any atom is 0.145 e. The predicted molar refractivity (Wildman–Crippen MR) is 94.2 cm³/mol. The molecule has 1 aromatic heterocycles. The third-order valence-electron chi connectivity index (χ3n) is 4.62. The molecule has 0 saturated carbocycles. The lowest BCUT2D eigenvalue weighted by molar-refractivity contribution is 0.419. The van der Waals surface area contributed by atoms with E-state index in [4.69, 9.17) is 4.74 Å². The van der Waals surface area contributed by atoms with Gasteiger partial charge in [0.2, 0.25) is 0 Å². The molecule has 3 aromatic rings. The molecule has 0 N–H and O–H groups in total. The lowest BCUT2D eigenvalue weighted by Gasteiger charge is -2.32. The van der Waals surface area contributed by atoms with Gasteiger partial charge >= 0.3 is 0 Å². The number of ether oxygens (including phenoxy) is 1. The van der Waals surface area contributed by atoms with E-state index in [9.17, 15) is 5.26 Å². The van der Waals surface area contributed by atoms with Crippen molar-refractivity contribution in [2.75, 3.05) is 18.6 Å². The van der Waals surface area contributed by atoms with Crippen LogP contribution in [-0.2, 0) is 13.0 Å². The van der Waals surface area contributed by atoms with Gasteiger partial charge < -0.3 is 9.64 Å². The molecule has 24 heavy (non-hydrogen) atoms. The van der Waals surface area contributed by atoms with E-state index in [-0.39, 0.29) is 0 Å². The molecule has 2 aromatic carbocycles. The zero-order valence-corrected chi connectivity index (χ0v) is 13.5. The highest BCUT2D eigenvalue weighted by atomic mass is 16.5. The van der Waals surface area contributed by atoms with Gasteiger partial charge in [-0.25, -0.2) is 0 Å². The van der Waals surface area contributed by atoms with Crippen LogP contribution in [0.2, 0.25) is 0 Å². The number of hydrogen-bond donors (Lipinski definition) is 0. The fourth-order valence-electron chi connectivity index (χ4n) is 3.46. The highest BCUT2D eigenvalue weighted by Gasteiger charge is 2.22. The first-order valence-corrected chi connectivity index (χ1v) is 7.99. The number of pyridine rings is 1. The number of benzene rings is 2. The SMILES string of the molecule is COc1cccc2c(N3CCc4ccccc4C3)c(C#N)cnc12. The van der Waals surface area contributed by atoms with Gasteiger partial charge in [0.15, 0.2) is 0 Å². The molecule has 0 aliphatic carbocycles. The number of aromatic nitrogens is 1. The monoisotopic (exact) mass is 315 g/mol. The summed E-state index contributed by atoms with van der Waals surface area (Å²) < 4.78 is 5.44. The van der Waals surface area contributed by atoms with Crippen molar-refractivity contribution in [1.82, 2.24) is 4.98 Å². The van der Waals surface area contributed by atoms with Crippen LogP contribution in [0.15, 0.2) is 48.7 Å². The molecular weight excluding hydrogens is 298 g/mol. The van der Waals surface area contributed by atoms with Crippen molar-refractivity contribution >= 4 is 16.6 Å². The van der Waals surface area contributed by atoms with Crippen LogP contribution in [0.3, 0.4) is 0 Å². The van der Waals surface area contributed by atoms with Crippen LogP contribution in [0.1, 0.15) is 16.7 Å². The van der Waals surface area contributed by atoms with Crippen LogP contribution in [-0.4, -0.2) is 18.6 Å². The fourth-order valence-corrected chi connectivity index (χ4v) is 3.46. The minimum absolute atomic E-state index is 0.607. The number of para-hydroxylation sites is 1. The number of fused-ring (bicyclic) bond motifs is 2. The van der Waals surface area contributed by atoms with E-state index in [1.165, 1.54) is 11.1 Å². The summed E-state index contributed by atoms with van der Waals surface area (Å²) in [5, 5.41) is 10.5. The number of hydrogen-bond acceptors (Lipinski definition) is 4. The Bertz CT molecular complexity index is 959. The summed E-state index contributed by atoms with van der Waals surface area (Å²) in [6.07, 6.45) is 2.63. The quantitative estimate of drug-likeness (QED) is 0.724. The molecule has 0 bridgehead atoms. The predicted octanol–water partition coefficient (Wildman–Crippen LogP) is 3.68. The smallest absolute Gasteiger partial charge is 0.145 e. The van der Waals surface area contributed by atoms with Crippen molar-refractivity contribution in [3.05, 3.63) is 65.4 Å². The van der Waals surface area contributed by atoms with Crippen molar-refractivity contribution in [2.45, 2.75) is 13.0 Å². The summed E-state index contributed by atoms with van der Waals surface area (Å²) in [5.41, 5.74) is 5.07. The van der Waals surface area contributed by atoms with E-state index in [2.05, 4.69) is 40.2 Å². The second-order valence-corrected chi connectivity index (χ2v) is 5.93. The summed E-state index contributed by atoms with van der Waals surface area (Å²) >= 11 is 0. The minimum atomic E-state index is 0.607. The van der Waals surface area contributed by atoms with Gasteiger partial charge in [-0.1, -0.05) is 36.4 Å². The zero-order chi connectivity index (χ0) is 16.5. The van der Waals surface area contributed by atoms with Gasteiger partial charge in [0, 0.05) is 24.7 Å². The molecule has 4 rings (SSSR count). The van der Waals surface area contributed by atoms with Gasteiger partial charge in [0.05, 0.1) is 18.4 Å². The van der Waals surface area contributed by atoms with Gasteiger partial charge in [0.1, 0.15) is 17.3 Å². The second-order valence-electron chi connectivity index (χ2n) is 5.93. The Morgan fingerprint density at radius 1 is 1.12 bits per heavy atom. The molecule has 0 atom stereocenters. The Labute approximate surface area is 140 Å². The summed E-state index contributed by atoms with van der Waals surface area (Å²) in [4.78, 5) is 6.73. The van der Waals surface area contributed by atoms with Gasteiger partial charge in [0.25, 0.3) is 0 Å². The van der Waals surface area contributed by atoms with Crippen molar-refractivity contribution in [3.63, 3.8) is 0 Å². The molecule has 0 spiro atoms. The summed E-state index contributed by atoms with van der Waals surface area (Å²) in [6, 6.07) is 16.7. The summed E-state index contributed by atoms with van der Waals surface area (Å²) in [7, 11) is 1.64. The van der Waals surface area contributed by atoms with Crippen molar-refractivity contribution < 1.29 is 4.74 Å². The Morgan fingerprint density at radius 2 is 1.96 bits per heavy atom. The summed E-state index contributed by atoms with van der Waals surface area (Å²) in [6.45, 7) is 1.70. The molecule has 118 valence electrons. The van der Waals surface area contributed by atoms with Crippen LogP contribution in [0.25, 0.3) is 10.9 Å². The Balaban J connectivity index is 1.89. The lowest BCUT2D eigenvalue weighted by Crippen LogP contribution is -2.31. The third-order valence-corrected chi connectivity index (χ3v) is 4.62. The molecule has 0 fully saturated rings. The first-order valence-electron chi connectivity index (χ1n) is 7.99. The normalized spacial score (nSPS) is 13.4. The van der Waals surface area contributed by atoms with E-state index in [1.807, 2.05) is 18.2 Å².